The highest BCUT2D eigenvalue weighted by Crippen LogP contribution is 2.23. The van der Waals surface area contributed by atoms with E-state index in [0.29, 0.717) is 17.2 Å². The lowest BCUT2D eigenvalue weighted by molar-refractivity contribution is 0.116. The van der Waals surface area contributed by atoms with Crippen LogP contribution in [0.4, 0.5) is 8.78 Å². The first-order chi connectivity index (χ1) is 12.2. The Kier molecular flexibility index (Phi) is 3.93. The van der Waals surface area contributed by atoms with Crippen molar-refractivity contribution in [3.8, 4) is 22.2 Å². The van der Waals surface area contributed by atoms with Crippen molar-refractivity contribution >= 4 is 11.3 Å². The van der Waals surface area contributed by atoms with E-state index in [1.54, 1.807) is 4.68 Å². The molecule has 126 valence electrons. The van der Waals surface area contributed by atoms with Crippen LogP contribution >= 0.6 is 11.3 Å². The predicted molar refractivity (Wildman–Crippen MR) is 80.5 cm³/mol. The van der Waals surface area contributed by atoms with Crippen LogP contribution < -0.4 is 0 Å². The van der Waals surface area contributed by atoms with Crippen LogP contribution in [0.15, 0.2) is 34.3 Å². The maximum absolute atomic E-state index is 12.5. The molecular weight excluding hydrogens is 354 g/mol. The molecule has 0 aliphatic carbocycles. The average Bonchev–Trinajstić information content (AvgIpc) is 3.36. The molecule has 12 heteroatoms. The van der Waals surface area contributed by atoms with Gasteiger partial charge in [0.05, 0.1) is 10.4 Å². The van der Waals surface area contributed by atoms with Crippen molar-refractivity contribution in [3.63, 3.8) is 0 Å². The van der Waals surface area contributed by atoms with Crippen molar-refractivity contribution in [2.45, 2.75) is 13.0 Å². The fourth-order valence-corrected chi connectivity index (χ4v) is 2.73. The Hall–Kier alpha value is -3.15. The largest absolute Gasteiger partial charge is 0.415 e. The second kappa shape index (κ2) is 6.39. The number of halogens is 2. The fourth-order valence-electron chi connectivity index (χ4n) is 2.01. The van der Waals surface area contributed by atoms with Crippen LogP contribution in [-0.2, 0) is 6.54 Å². The van der Waals surface area contributed by atoms with Gasteiger partial charge < -0.3 is 4.42 Å². The summed E-state index contributed by atoms with van der Waals surface area (Å²) in [5, 5.41) is 20.3. The minimum absolute atomic E-state index is 0.0662. The zero-order valence-electron chi connectivity index (χ0n) is 12.3. The van der Waals surface area contributed by atoms with E-state index in [0.717, 1.165) is 4.88 Å². The minimum Gasteiger partial charge on any atom is -0.415 e. The van der Waals surface area contributed by atoms with Gasteiger partial charge in [-0.3, -0.25) is 0 Å². The number of hydrogen-bond donors (Lipinski definition) is 0. The predicted octanol–water partition coefficient (Wildman–Crippen LogP) is 2.23. The number of thiophene rings is 1. The lowest BCUT2D eigenvalue weighted by atomic mass is 10.3. The third-order valence-electron chi connectivity index (χ3n) is 3.14. The quantitative estimate of drug-likeness (QED) is 0.532. The number of nitrogens with zero attached hydrogens (tertiary/aromatic N) is 8. The van der Waals surface area contributed by atoms with E-state index in [4.69, 9.17) is 4.42 Å². The summed E-state index contributed by atoms with van der Waals surface area (Å²) in [6.45, 7) is 0.257. The molecule has 0 radical (unpaired) electrons. The fraction of sp³-hybridized carbons (Fsp3) is 0.154. The van der Waals surface area contributed by atoms with Gasteiger partial charge in [-0.1, -0.05) is 6.07 Å². The molecule has 0 atom stereocenters. The van der Waals surface area contributed by atoms with Gasteiger partial charge in [0.25, 0.3) is 11.8 Å². The molecule has 25 heavy (non-hydrogen) atoms. The molecule has 0 saturated carbocycles. The molecule has 0 unspecified atom stereocenters. The van der Waals surface area contributed by atoms with Gasteiger partial charge in [0.2, 0.25) is 0 Å². The summed E-state index contributed by atoms with van der Waals surface area (Å²) < 4.78 is 31.4. The summed E-state index contributed by atoms with van der Waals surface area (Å²) in [4.78, 5) is 9.26. The number of tetrazole rings is 1. The zero-order valence-corrected chi connectivity index (χ0v) is 13.1. The van der Waals surface area contributed by atoms with Gasteiger partial charge in [-0.15, -0.1) is 26.6 Å². The summed E-state index contributed by atoms with van der Waals surface area (Å²) in [6, 6.07) is 3.81. The molecule has 0 saturated heterocycles. The summed E-state index contributed by atoms with van der Waals surface area (Å²) in [6.07, 6.45) is 0.0116. The third kappa shape index (κ3) is 3.10. The van der Waals surface area contributed by atoms with E-state index >= 15 is 0 Å². The highest BCUT2D eigenvalue weighted by atomic mass is 32.1. The van der Waals surface area contributed by atoms with E-state index < -0.39 is 12.3 Å². The Balaban J connectivity index is 1.54. The van der Waals surface area contributed by atoms with Crippen LogP contribution in [0.2, 0.25) is 0 Å². The molecule has 4 heterocycles. The van der Waals surface area contributed by atoms with Gasteiger partial charge in [-0.25, -0.2) is 14.6 Å². The van der Waals surface area contributed by atoms with Crippen molar-refractivity contribution in [1.29, 1.82) is 0 Å². The Labute approximate surface area is 142 Å². The number of rotatable bonds is 5. The Bertz CT molecular complexity index is 966. The van der Waals surface area contributed by atoms with Crippen LogP contribution in [0.25, 0.3) is 22.2 Å². The van der Waals surface area contributed by atoms with Crippen LogP contribution in [0, 0.1) is 0 Å². The molecule has 0 N–H and O–H groups in total. The first-order valence-electron chi connectivity index (χ1n) is 6.93. The SMILES string of the molecule is FC(F)c1nnc(-c2cnc(Cn3nnnc3-c3cccs3)nc2)o1. The van der Waals surface area contributed by atoms with E-state index in [1.807, 2.05) is 17.5 Å². The van der Waals surface area contributed by atoms with Gasteiger partial charge in [0, 0.05) is 12.4 Å². The summed E-state index contributed by atoms with van der Waals surface area (Å²) >= 11 is 1.52. The smallest absolute Gasteiger partial charge is 0.314 e. The highest BCUT2D eigenvalue weighted by Gasteiger charge is 2.17. The van der Waals surface area contributed by atoms with E-state index in [-0.39, 0.29) is 12.4 Å². The van der Waals surface area contributed by atoms with Crippen molar-refractivity contribution in [1.82, 2.24) is 40.4 Å². The molecule has 0 aliphatic rings. The van der Waals surface area contributed by atoms with Crippen LogP contribution in [-0.4, -0.2) is 40.4 Å². The monoisotopic (exact) mass is 362 g/mol. The molecule has 0 fully saturated rings. The average molecular weight is 362 g/mol. The molecule has 0 spiro atoms. The van der Waals surface area contributed by atoms with E-state index in [1.165, 1.54) is 23.7 Å². The molecule has 0 aliphatic heterocycles. The number of hydrogen-bond acceptors (Lipinski definition) is 9. The van der Waals surface area contributed by atoms with E-state index in [2.05, 4.69) is 35.7 Å². The van der Waals surface area contributed by atoms with Crippen LogP contribution in [0.1, 0.15) is 18.1 Å². The number of aromatic nitrogens is 8. The Morgan fingerprint density at radius 1 is 1.16 bits per heavy atom. The first-order valence-corrected chi connectivity index (χ1v) is 7.81. The van der Waals surface area contributed by atoms with Gasteiger partial charge in [0.15, 0.2) is 5.82 Å². The molecule has 0 aromatic carbocycles. The third-order valence-corrected chi connectivity index (χ3v) is 4.01. The minimum atomic E-state index is -2.82. The van der Waals surface area contributed by atoms with Gasteiger partial charge in [-0.05, 0) is 21.9 Å². The topological polar surface area (TPSA) is 108 Å². The summed E-state index contributed by atoms with van der Waals surface area (Å²) in [7, 11) is 0. The Morgan fingerprint density at radius 2 is 2.00 bits per heavy atom. The zero-order chi connectivity index (χ0) is 17.2. The van der Waals surface area contributed by atoms with Crippen LogP contribution in [0.3, 0.4) is 0 Å². The van der Waals surface area contributed by atoms with Crippen molar-refractivity contribution in [2.75, 3.05) is 0 Å². The normalized spacial score (nSPS) is 11.3. The van der Waals surface area contributed by atoms with E-state index in [9.17, 15) is 8.78 Å². The molecule has 4 aromatic heterocycles. The van der Waals surface area contributed by atoms with Crippen molar-refractivity contribution in [3.05, 3.63) is 41.6 Å². The second-order valence-corrected chi connectivity index (χ2v) is 5.72. The molecule has 0 amide bonds. The van der Waals surface area contributed by atoms with Gasteiger partial charge >= 0.3 is 6.43 Å². The maximum Gasteiger partial charge on any atom is 0.314 e. The van der Waals surface area contributed by atoms with Gasteiger partial charge in [-0.2, -0.15) is 8.78 Å². The van der Waals surface area contributed by atoms with Crippen LogP contribution in [0.5, 0.6) is 0 Å². The summed E-state index contributed by atoms with van der Waals surface area (Å²) in [5.41, 5.74) is 0.346. The molecule has 4 aromatic rings. The highest BCUT2D eigenvalue weighted by molar-refractivity contribution is 7.13. The lowest BCUT2D eigenvalue weighted by Gasteiger charge is -2.02. The number of alkyl halides is 2. The standard InChI is InChI=1S/C13H8F2N8OS/c14-10(15)13-20-19-12(24-13)7-4-16-9(17-5-7)6-23-11(18-21-22-23)8-2-1-3-25-8/h1-5,10H,6H2. The van der Waals surface area contributed by atoms with Crippen molar-refractivity contribution in [2.24, 2.45) is 0 Å². The molecule has 9 nitrogen and oxygen atoms in total. The van der Waals surface area contributed by atoms with Crippen molar-refractivity contribution < 1.29 is 13.2 Å². The first kappa shape index (κ1) is 15.4. The molecule has 4 rings (SSSR count). The molecule has 0 bridgehead atoms. The maximum atomic E-state index is 12.5. The lowest BCUT2D eigenvalue weighted by Crippen LogP contribution is -2.07. The Morgan fingerprint density at radius 3 is 2.68 bits per heavy atom. The summed E-state index contributed by atoms with van der Waals surface area (Å²) in [5.74, 6) is 0.250. The van der Waals surface area contributed by atoms with Gasteiger partial charge in [0.1, 0.15) is 12.4 Å². The molecular formula is C13H8F2N8OS. The second-order valence-electron chi connectivity index (χ2n) is 4.77.